The van der Waals surface area contributed by atoms with Gasteiger partial charge in [-0.05, 0) is 103 Å². The summed E-state index contributed by atoms with van der Waals surface area (Å²) in [5, 5.41) is 0. The molecule has 166 valence electrons. The Balaban J connectivity index is 1.45. The van der Waals surface area contributed by atoms with E-state index in [1.165, 1.54) is 36.8 Å². The van der Waals surface area contributed by atoms with Gasteiger partial charge in [0, 0.05) is 30.9 Å². The Kier molecular flexibility index (Phi) is 4.95. The first-order valence-electron chi connectivity index (χ1n) is 12.3. The molecule has 1 aliphatic heterocycles. The van der Waals surface area contributed by atoms with Gasteiger partial charge in [0.2, 0.25) is 5.91 Å². The maximum atomic E-state index is 12.3. The highest BCUT2D eigenvalue weighted by Crippen LogP contribution is 2.67. The van der Waals surface area contributed by atoms with E-state index in [1.807, 2.05) is 30.4 Å². The Hall–Kier alpha value is -1.90. The molecule has 3 fully saturated rings. The molecule has 8 atom stereocenters. The van der Waals surface area contributed by atoms with Crippen LogP contribution in [-0.2, 0) is 4.79 Å². The topological polar surface area (TPSA) is 33.2 Å². The third-order valence-electron chi connectivity index (χ3n) is 10.1. The van der Waals surface area contributed by atoms with Crippen molar-refractivity contribution >= 4 is 11.5 Å². The van der Waals surface area contributed by atoms with Gasteiger partial charge in [-0.25, -0.2) is 0 Å². The second-order valence-corrected chi connectivity index (χ2v) is 11.5. The van der Waals surface area contributed by atoms with Crippen molar-refractivity contribution < 1.29 is 4.79 Å². The van der Waals surface area contributed by atoms with Crippen LogP contribution in [0.5, 0.6) is 0 Å². The van der Waals surface area contributed by atoms with Crippen LogP contribution < -0.4 is 0 Å². The highest BCUT2D eigenvalue weighted by atomic mass is 16.2. The van der Waals surface area contributed by atoms with Gasteiger partial charge < -0.3 is 4.90 Å². The van der Waals surface area contributed by atoms with E-state index in [0.717, 1.165) is 24.2 Å². The van der Waals surface area contributed by atoms with Crippen molar-refractivity contribution in [2.75, 3.05) is 7.05 Å². The molecule has 3 nitrogen and oxygen atoms in total. The number of allylic oxidation sites excluding steroid dienone is 2. The fourth-order valence-corrected chi connectivity index (χ4v) is 8.48. The number of aromatic nitrogens is 1. The van der Waals surface area contributed by atoms with Crippen LogP contribution in [-0.4, -0.2) is 28.9 Å². The molecule has 0 N–H and O–H groups in total. The molecule has 4 aliphatic rings. The highest BCUT2D eigenvalue weighted by molar-refractivity contribution is 5.89. The lowest BCUT2D eigenvalue weighted by atomic mass is 9.47. The van der Waals surface area contributed by atoms with Crippen LogP contribution in [0.15, 0.2) is 42.8 Å². The van der Waals surface area contributed by atoms with Crippen LogP contribution in [0.3, 0.4) is 0 Å². The molecule has 0 radical (unpaired) electrons. The van der Waals surface area contributed by atoms with Crippen LogP contribution in [0.25, 0.3) is 5.57 Å². The average molecular weight is 419 g/mol. The van der Waals surface area contributed by atoms with Gasteiger partial charge in [-0.3, -0.25) is 9.78 Å². The van der Waals surface area contributed by atoms with Crippen LogP contribution >= 0.6 is 0 Å². The molecule has 5 rings (SSSR count). The quantitative estimate of drug-likeness (QED) is 0.591. The normalized spacial score (nSPS) is 44.6. The molecular weight excluding hydrogens is 380 g/mol. The third kappa shape index (κ3) is 3.06. The lowest BCUT2D eigenvalue weighted by Gasteiger charge is -2.60. The Morgan fingerprint density at radius 1 is 1.16 bits per heavy atom. The molecule has 1 amide bonds. The summed E-state index contributed by atoms with van der Waals surface area (Å²) < 4.78 is 0. The summed E-state index contributed by atoms with van der Waals surface area (Å²) in [6, 6.07) is 4.65. The minimum atomic E-state index is 0.136. The fourth-order valence-electron chi connectivity index (χ4n) is 8.48. The van der Waals surface area contributed by atoms with Crippen molar-refractivity contribution in [2.45, 2.75) is 65.8 Å². The molecule has 3 heteroatoms. The molecule has 0 aromatic carbocycles. The van der Waals surface area contributed by atoms with E-state index in [0.29, 0.717) is 23.3 Å². The van der Waals surface area contributed by atoms with Crippen LogP contribution in [0.1, 0.15) is 65.4 Å². The summed E-state index contributed by atoms with van der Waals surface area (Å²) >= 11 is 0. The highest BCUT2D eigenvalue weighted by Gasteiger charge is 2.61. The predicted molar refractivity (Wildman–Crippen MR) is 126 cm³/mol. The van der Waals surface area contributed by atoms with Gasteiger partial charge in [0.25, 0.3) is 0 Å². The molecule has 31 heavy (non-hydrogen) atoms. The van der Waals surface area contributed by atoms with Gasteiger partial charge in [-0.1, -0.05) is 32.9 Å². The van der Waals surface area contributed by atoms with E-state index in [2.05, 4.69) is 57.0 Å². The van der Waals surface area contributed by atoms with Crippen molar-refractivity contribution in [3.05, 3.63) is 48.3 Å². The van der Waals surface area contributed by atoms with Gasteiger partial charge in [0.15, 0.2) is 0 Å². The number of hydrogen-bond donors (Lipinski definition) is 0. The summed E-state index contributed by atoms with van der Waals surface area (Å²) in [6.07, 6.45) is 16.9. The van der Waals surface area contributed by atoms with Gasteiger partial charge in [-0.2, -0.15) is 0 Å². The number of rotatable bonds is 2. The molecule has 0 spiro atoms. The third-order valence-corrected chi connectivity index (χ3v) is 10.1. The Labute approximate surface area is 188 Å². The monoisotopic (exact) mass is 418 g/mol. The standard InChI is InChI=1S/C28H38N2O/c1-18(20-10-14-29-15-11-20)16-23-19(2)17-24-21-6-7-25-28(4,13-9-26(31)30(25)5)22(21)8-12-27(23,24)3/h9-11,13-16,19,21-25H,6-8,12,17H2,1-5H3/b18-16-/t19?,21-,22+,23+,24+,25-,27-,28-/m1/s1. The number of carbonyl (C=O) groups is 1. The smallest absolute Gasteiger partial charge is 0.246 e. The van der Waals surface area contributed by atoms with E-state index in [9.17, 15) is 4.79 Å². The van der Waals surface area contributed by atoms with E-state index in [-0.39, 0.29) is 11.3 Å². The molecule has 0 bridgehead atoms. The number of hydrogen-bond acceptors (Lipinski definition) is 2. The second-order valence-electron chi connectivity index (χ2n) is 11.5. The molecule has 3 saturated carbocycles. The first-order valence-corrected chi connectivity index (χ1v) is 12.3. The molecule has 0 saturated heterocycles. The van der Waals surface area contributed by atoms with Crippen LogP contribution in [0.4, 0.5) is 0 Å². The number of nitrogens with zero attached hydrogens (tertiary/aromatic N) is 2. The van der Waals surface area contributed by atoms with Crippen LogP contribution in [0, 0.1) is 40.4 Å². The molecule has 1 unspecified atom stereocenters. The Morgan fingerprint density at radius 3 is 2.65 bits per heavy atom. The molecule has 1 aromatic rings. The van der Waals surface area contributed by atoms with Crippen molar-refractivity contribution in [3.8, 4) is 0 Å². The maximum absolute atomic E-state index is 12.3. The van der Waals surface area contributed by atoms with Crippen molar-refractivity contribution in [2.24, 2.45) is 40.4 Å². The number of likely N-dealkylation sites (N-methyl/N-ethyl adjacent to an activating group) is 1. The Morgan fingerprint density at radius 2 is 1.90 bits per heavy atom. The number of carbonyl (C=O) groups excluding carboxylic acids is 1. The zero-order valence-corrected chi connectivity index (χ0v) is 19.8. The first kappa shape index (κ1) is 21.0. The van der Waals surface area contributed by atoms with Gasteiger partial charge in [-0.15, -0.1) is 0 Å². The summed E-state index contributed by atoms with van der Waals surface area (Å²) in [6.45, 7) is 9.80. The fraction of sp³-hybridized carbons (Fsp3) is 0.643. The van der Waals surface area contributed by atoms with E-state index in [4.69, 9.17) is 0 Å². The van der Waals surface area contributed by atoms with E-state index < -0.39 is 0 Å². The minimum absolute atomic E-state index is 0.136. The Bertz CT molecular complexity index is 920. The lowest BCUT2D eigenvalue weighted by Crippen LogP contribution is -2.59. The van der Waals surface area contributed by atoms with E-state index in [1.54, 1.807) is 0 Å². The van der Waals surface area contributed by atoms with Crippen LogP contribution in [0.2, 0.25) is 0 Å². The average Bonchev–Trinajstić information content (AvgIpc) is 3.02. The largest absolute Gasteiger partial charge is 0.338 e. The van der Waals surface area contributed by atoms with Gasteiger partial charge in [0.05, 0.1) is 0 Å². The van der Waals surface area contributed by atoms with Crippen molar-refractivity contribution in [1.29, 1.82) is 0 Å². The molecule has 3 aliphatic carbocycles. The molecular formula is C28H38N2O. The van der Waals surface area contributed by atoms with Gasteiger partial charge in [0.1, 0.15) is 0 Å². The maximum Gasteiger partial charge on any atom is 0.246 e. The minimum Gasteiger partial charge on any atom is -0.338 e. The van der Waals surface area contributed by atoms with E-state index >= 15 is 0 Å². The van der Waals surface area contributed by atoms with Crippen molar-refractivity contribution in [3.63, 3.8) is 0 Å². The zero-order chi connectivity index (χ0) is 22.0. The molecule has 2 heterocycles. The summed E-state index contributed by atoms with van der Waals surface area (Å²) in [5.74, 6) is 3.83. The van der Waals surface area contributed by atoms with Gasteiger partial charge >= 0.3 is 0 Å². The van der Waals surface area contributed by atoms with Crippen molar-refractivity contribution in [1.82, 2.24) is 9.88 Å². The number of amides is 1. The molecule has 1 aromatic heterocycles. The zero-order valence-electron chi connectivity index (χ0n) is 19.8. The SMILES string of the molecule is C/C(=C/[C@H]1C(C)C[C@H]2[C@@H]3CC[C@H]4N(C)C(=O)C=C[C@]4(C)[C@H]3CC[C@]12C)c1ccncc1. The summed E-state index contributed by atoms with van der Waals surface area (Å²) in [4.78, 5) is 18.5. The summed E-state index contributed by atoms with van der Waals surface area (Å²) in [5.41, 5.74) is 3.22. The second kappa shape index (κ2) is 7.32. The summed E-state index contributed by atoms with van der Waals surface area (Å²) in [7, 11) is 2.02. The number of fused-ring (bicyclic) bond motifs is 5. The predicted octanol–water partition coefficient (Wildman–Crippen LogP) is 5.99. The lowest BCUT2D eigenvalue weighted by molar-refractivity contribution is -0.138. The first-order chi connectivity index (χ1) is 14.8. The number of pyridine rings is 1.